The number of carbonyl (C=O) groups excluding carboxylic acids is 1. The van der Waals surface area contributed by atoms with Gasteiger partial charge >= 0.3 is 0 Å². The summed E-state index contributed by atoms with van der Waals surface area (Å²) >= 11 is 1.50. The van der Waals surface area contributed by atoms with E-state index in [-0.39, 0.29) is 5.57 Å². The first-order chi connectivity index (χ1) is 10.6. The van der Waals surface area contributed by atoms with E-state index in [2.05, 4.69) is 5.32 Å². The fraction of sp³-hybridized carbons (Fsp3) is 0.176. The van der Waals surface area contributed by atoms with Gasteiger partial charge in [0.2, 0.25) is 0 Å². The normalized spacial score (nSPS) is 10.9. The van der Waals surface area contributed by atoms with Crippen LogP contribution in [0.4, 0.5) is 5.69 Å². The van der Waals surface area contributed by atoms with Gasteiger partial charge in [0.15, 0.2) is 0 Å². The highest BCUT2D eigenvalue weighted by atomic mass is 32.1. The van der Waals surface area contributed by atoms with Crippen LogP contribution in [0.5, 0.6) is 5.75 Å². The van der Waals surface area contributed by atoms with E-state index in [1.165, 1.54) is 11.3 Å². The lowest BCUT2D eigenvalue weighted by molar-refractivity contribution is -0.112. The van der Waals surface area contributed by atoms with Gasteiger partial charge < -0.3 is 10.1 Å². The molecule has 0 bridgehead atoms. The van der Waals surface area contributed by atoms with Crippen LogP contribution in [0.3, 0.4) is 0 Å². The minimum atomic E-state index is -0.417. The number of nitriles is 1. The van der Waals surface area contributed by atoms with E-state index in [0.29, 0.717) is 12.3 Å². The van der Waals surface area contributed by atoms with Gasteiger partial charge in [-0.05, 0) is 61.2 Å². The maximum atomic E-state index is 12.2. The fourth-order valence-corrected chi connectivity index (χ4v) is 2.67. The number of carbonyl (C=O) groups is 1. The number of hydrogen-bond donors (Lipinski definition) is 1. The Kier molecular flexibility index (Phi) is 5.34. The van der Waals surface area contributed by atoms with Crippen LogP contribution in [-0.4, -0.2) is 12.5 Å². The number of aryl methyl sites for hydroxylation is 1. The summed E-state index contributed by atoms with van der Waals surface area (Å²) in [5.41, 5.74) is 1.75. The number of hydrogen-bond acceptors (Lipinski definition) is 4. The summed E-state index contributed by atoms with van der Waals surface area (Å²) in [5.74, 6) is 0.324. The number of benzene rings is 1. The third kappa shape index (κ3) is 3.96. The predicted octanol–water partition coefficient (Wildman–Crippen LogP) is 4.00. The molecule has 0 radical (unpaired) electrons. The van der Waals surface area contributed by atoms with Crippen LogP contribution in [-0.2, 0) is 4.79 Å². The molecule has 0 unspecified atom stereocenters. The summed E-state index contributed by atoms with van der Waals surface area (Å²) in [5, 5.41) is 13.8. The van der Waals surface area contributed by atoms with E-state index in [9.17, 15) is 10.1 Å². The molecule has 1 aromatic carbocycles. The summed E-state index contributed by atoms with van der Waals surface area (Å²) < 4.78 is 5.34. The van der Waals surface area contributed by atoms with E-state index < -0.39 is 5.91 Å². The number of thiophene rings is 1. The van der Waals surface area contributed by atoms with Gasteiger partial charge in [0.1, 0.15) is 17.4 Å². The van der Waals surface area contributed by atoms with Gasteiger partial charge in [-0.25, -0.2) is 0 Å². The van der Waals surface area contributed by atoms with Crippen molar-refractivity contribution >= 4 is 29.0 Å². The standard InChI is InChI=1S/C17H16N2O2S/c1-3-21-15-6-4-14(5-7-15)19-17(20)13(11-18)10-16-12(2)8-9-22-16/h4-10H,3H2,1-2H3,(H,19,20). The first-order valence-electron chi connectivity index (χ1n) is 6.84. The second-order valence-corrected chi connectivity index (χ2v) is 5.50. The summed E-state index contributed by atoms with van der Waals surface area (Å²) in [7, 11) is 0. The first kappa shape index (κ1) is 15.8. The molecule has 0 saturated heterocycles. The van der Waals surface area contributed by atoms with E-state index in [1.807, 2.05) is 31.4 Å². The van der Waals surface area contributed by atoms with Gasteiger partial charge in [-0.15, -0.1) is 11.3 Å². The molecule has 0 spiro atoms. The van der Waals surface area contributed by atoms with Crippen LogP contribution in [0.1, 0.15) is 17.4 Å². The van der Waals surface area contributed by atoms with Crippen molar-refractivity contribution in [2.45, 2.75) is 13.8 Å². The number of nitrogens with zero attached hydrogens (tertiary/aromatic N) is 1. The molecule has 1 heterocycles. The molecule has 0 saturated carbocycles. The second kappa shape index (κ2) is 7.43. The highest BCUT2D eigenvalue weighted by molar-refractivity contribution is 7.11. The molecule has 112 valence electrons. The molecule has 1 amide bonds. The van der Waals surface area contributed by atoms with Crippen molar-refractivity contribution in [2.24, 2.45) is 0 Å². The van der Waals surface area contributed by atoms with Crippen LogP contribution >= 0.6 is 11.3 Å². The molecule has 0 aliphatic heterocycles. The van der Waals surface area contributed by atoms with Crippen LogP contribution in [0.25, 0.3) is 6.08 Å². The molecule has 1 aromatic heterocycles. The zero-order valence-electron chi connectivity index (χ0n) is 12.4. The lowest BCUT2D eigenvalue weighted by Gasteiger charge is -2.06. The van der Waals surface area contributed by atoms with Crippen LogP contribution < -0.4 is 10.1 Å². The fourth-order valence-electron chi connectivity index (χ4n) is 1.81. The average molecular weight is 312 g/mol. The molecule has 0 fully saturated rings. The van der Waals surface area contributed by atoms with Crippen molar-refractivity contribution in [3.63, 3.8) is 0 Å². The Balaban J connectivity index is 2.11. The largest absolute Gasteiger partial charge is 0.494 e. The molecule has 22 heavy (non-hydrogen) atoms. The van der Waals surface area contributed by atoms with Gasteiger partial charge in [0.05, 0.1) is 6.61 Å². The Morgan fingerprint density at radius 2 is 2.09 bits per heavy atom. The predicted molar refractivity (Wildman–Crippen MR) is 88.9 cm³/mol. The quantitative estimate of drug-likeness (QED) is 0.670. The van der Waals surface area contributed by atoms with E-state index >= 15 is 0 Å². The number of rotatable bonds is 5. The Labute approximate surface area is 133 Å². The smallest absolute Gasteiger partial charge is 0.266 e. The van der Waals surface area contributed by atoms with Crippen molar-refractivity contribution in [1.82, 2.24) is 0 Å². The van der Waals surface area contributed by atoms with Crippen molar-refractivity contribution in [2.75, 3.05) is 11.9 Å². The third-order valence-electron chi connectivity index (χ3n) is 2.97. The summed E-state index contributed by atoms with van der Waals surface area (Å²) in [6.45, 7) is 4.45. The van der Waals surface area contributed by atoms with Crippen molar-refractivity contribution in [1.29, 1.82) is 5.26 Å². The van der Waals surface area contributed by atoms with Crippen molar-refractivity contribution < 1.29 is 9.53 Å². The van der Waals surface area contributed by atoms with Crippen LogP contribution in [0, 0.1) is 18.3 Å². The summed E-state index contributed by atoms with van der Waals surface area (Å²) in [4.78, 5) is 13.1. The Morgan fingerprint density at radius 3 is 2.64 bits per heavy atom. The third-order valence-corrected chi connectivity index (χ3v) is 3.93. The van der Waals surface area contributed by atoms with Gasteiger partial charge in [-0.1, -0.05) is 0 Å². The molecule has 2 aromatic rings. The molecule has 0 aliphatic rings. The SMILES string of the molecule is CCOc1ccc(NC(=O)C(C#N)=Cc2sccc2C)cc1. The Bertz CT molecular complexity index is 724. The lowest BCUT2D eigenvalue weighted by Crippen LogP contribution is -2.13. The molecule has 0 aliphatic carbocycles. The molecule has 2 rings (SSSR count). The highest BCUT2D eigenvalue weighted by Gasteiger charge is 2.10. The molecule has 0 atom stereocenters. The Hall–Kier alpha value is -2.58. The Morgan fingerprint density at radius 1 is 1.36 bits per heavy atom. The maximum Gasteiger partial charge on any atom is 0.266 e. The monoisotopic (exact) mass is 312 g/mol. The number of nitrogens with one attached hydrogen (secondary N) is 1. The average Bonchev–Trinajstić information content (AvgIpc) is 2.92. The van der Waals surface area contributed by atoms with Gasteiger partial charge in [0, 0.05) is 10.6 Å². The molecule has 1 N–H and O–H groups in total. The van der Waals surface area contributed by atoms with E-state index in [1.54, 1.807) is 30.3 Å². The van der Waals surface area contributed by atoms with Crippen LogP contribution in [0.2, 0.25) is 0 Å². The summed E-state index contributed by atoms with van der Waals surface area (Å²) in [6.07, 6.45) is 1.61. The second-order valence-electron chi connectivity index (χ2n) is 4.55. The zero-order chi connectivity index (χ0) is 15.9. The number of anilines is 1. The van der Waals surface area contributed by atoms with Crippen LogP contribution in [0.15, 0.2) is 41.3 Å². The van der Waals surface area contributed by atoms with Gasteiger partial charge in [-0.3, -0.25) is 4.79 Å². The number of ether oxygens (including phenoxy) is 1. The van der Waals surface area contributed by atoms with Gasteiger partial charge in [0.25, 0.3) is 5.91 Å². The number of amides is 1. The molecular formula is C17H16N2O2S. The molecular weight excluding hydrogens is 296 g/mol. The van der Waals surface area contributed by atoms with E-state index in [4.69, 9.17) is 4.74 Å². The lowest BCUT2D eigenvalue weighted by atomic mass is 10.2. The topological polar surface area (TPSA) is 62.1 Å². The molecule has 5 heteroatoms. The molecule has 4 nitrogen and oxygen atoms in total. The zero-order valence-corrected chi connectivity index (χ0v) is 13.2. The van der Waals surface area contributed by atoms with E-state index in [0.717, 1.165) is 16.2 Å². The minimum absolute atomic E-state index is 0.0828. The maximum absolute atomic E-state index is 12.2. The minimum Gasteiger partial charge on any atom is -0.494 e. The van der Waals surface area contributed by atoms with Gasteiger partial charge in [-0.2, -0.15) is 5.26 Å². The summed E-state index contributed by atoms with van der Waals surface area (Å²) in [6, 6.07) is 10.9. The highest BCUT2D eigenvalue weighted by Crippen LogP contribution is 2.20. The first-order valence-corrected chi connectivity index (χ1v) is 7.72. The van der Waals surface area contributed by atoms with Crippen molar-refractivity contribution in [3.8, 4) is 11.8 Å². The van der Waals surface area contributed by atoms with Crippen molar-refractivity contribution in [3.05, 3.63) is 51.7 Å².